The van der Waals surface area contributed by atoms with Crippen LogP contribution in [0.2, 0.25) is 0 Å². The van der Waals surface area contributed by atoms with E-state index in [0.29, 0.717) is 12.1 Å². The standard InChI is InChI=1S/C11H12F5N3O2/c12-7-3-6(4-8(13)9(7)18-17)10(21)19(1-2-20)5-11(14,15)16/h3-4,18,20H,1-2,5,17H2. The van der Waals surface area contributed by atoms with E-state index in [1.165, 1.54) is 0 Å². The van der Waals surface area contributed by atoms with Gasteiger partial charge in [0, 0.05) is 12.1 Å². The van der Waals surface area contributed by atoms with E-state index in [9.17, 15) is 26.7 Å². The minimum Gasteiger partial charge on any atom is -0.395 e. The van der Waals surface area contributed by atoms with Crippen LogP contribution in [0.5, 0.6) is 0 Å². The van der Waals surface area contributed by atoms with Crippen molar-refractivity contribution in [1.82, 2.24) is 4.90 Å². The SMILES string of the molecule is NNc1c(F)cc(C(=O)N(CCO)CC(F)(F)F)cc1F. The number of benzene rings is 1. The number of alkyl halides is 3. The van der Waals surface area contributed by atoms with E-state index in [0.717, 1.165) is 0 Å². The van der Waals surface area contributed by atoms with Crippen LogP contribution in [0.3, 0.4) is 0 Å². The maximum absolute atomic E-state index is 13.4. The molecule has 118 valence electrons. The first-order valence-electron chi connectivity index (χ1n) is 5.62. The number of nitrogen functional groups attached to an aromatic ring is 1. The fourth-order valence-electron chi connectivity index (χ4n) is 1.61. The minimum absolute atomic E-state index is 0.240. The number of nitrogens with two attached hydrogens (primary N) is 1. The van der Waals surface area contributed by atoms with Crippen molar-refractivity contribution in [3.8, 4) is 0 Å². The van der Waals surface area contributed by atoms with Gasteiger partial charge in [-0.2, -0.15) is 13.2 Å². The van der Waals surface area contributed by atoms with Crippen LogP contribution in [0.25, 0.3) is 0 Å². The molecular formula is C11H12F5N3O2. The maximum atomic E-state index is 13.4. The molecule has 0 unspecified atom stereocenters. The molecule has 0 fully saturated rings. The molecule has 0 aromatic heterocycles. The number of carbonyl (C=O) groups excluding carboxylic acids is 1. The highest BCUT2D eigenvalue weighted by atomic mass is 19.4. The average molecular weight is 313 g/mol. The van der Waals surface area contributed by atoms with Gasteiger partial charge in [-0.3, -0.25) is 10.6 Å². The highest BCUT2D eigenvalue weighted by Crippen LogP contribution is 2.22. The lowest BCUT2D eigenvalue weighted by atomic mass is 10.1. The summed E-state index contributed by atoms with van der Waals surface area (Å²) < 4.78 is 63.9. The average Bonchev–Trinajstić information content (AvgIpc) is 2.35. The van der Waals surface area contributed by atoms with E-state index >= 15 is 0 Å². The molecule has 1 aromatic carbocycles. The summed E-state index contributed by atoms with van der Waals surface area (Å²) in [5.41, 5.74) is 0.392. The zero-order valence-electron chi connectivity index (χ0n) is 10.5. The molecule has 10 heteroatoms. The molecule has 0 atom stereocenters. The number of nitrogens with zero attached hydrogens (tertiary/aromatic N) is 1. The van der Waals surface area contributed by atoms with Crippen LogP contribution in [0.1, 0.15) is 10.4 Å². The molecule has 0 radical (unpaired) electrons. The zero-order valence-corrected chi connectivity index (χ0v) is 10.5. The quantitative estimate of drug-likeness (QED) is 0.434. The molecular weight excluding hydrogens is 301 g/mol. The summed E-state index contributed by atoms with van der Waals surface area (Å²) in [5, 5.41) is 8.68. The van der Waals surface area contributed by atoms with E-state index in [-0.39, 0.29) is 4.90 Å². The summed E-state index contributed by atoms with van der Waals surface area (Å²) in [5.74, 6) is 1.15. The topological polar surface area (TPSA) is 78.6 Å². The molecule has 21 heavy (non-hydrogen) atoms. The molecule has 1 amide bonds. The lowest BCUT2D eigenvalue weighted by Gasteiger charge is -2.23. The van der Waals surface area contributed by atoms with Gasteiger partial charge in [0.25, 0.3) is 5.91 Å². The van der Waals surface area contributed by atoms with Gasteiger partial charge in [0.2, 0.25) is 0 Å². The van der Waals surface area contributed by atoms with Crippen LogP contribution in [0.15, 0.2) is 12.1 Å². The smallest absolute Gasteiger partial charge is 0.395 e. The summed E-state index contributed by atoms with van der Waals surface area (Å²) in [6.45, 7) is -3.00. The molecule has 1 aromatic rings. The Bertz CT molecular complexity index is 498. The Kier molecular flexibility index (Phi) is 5.44. The van der Waals surface area contributed by atoms with Crippen LogP contribution in [0, 0.1) is 11.6 Å². The van der Waals surface area contributed by atoms with Crippen molar-refractivity contribution in [1.29, 1.82) is 0 Å². The lowest BCUT2D eigenvalue weighted by Crippen LogP contribution is -2.40. The van der Waals surface area contributed by atoms with Crippen molar-refractivity contribution in [2.24, 2.45) is 5.84 Å². The van der Waals surface area contributed by atoms with Gasteiger partial charge < -0.3 is 15.4 Å². The fourth-order valence-corrected chi connectivity index (χ4v) is 1.61. The van der Waals surface area contributed by atoms with Gasteiger partial charge in [-0.15, -0.1) is 0 Å². The predicted octanol–water partition coefficient (Wildman–Crippen LogP) is 1.25. The second-order valence-electron chi connectivity index (χ2n) is 4.02. The first-order chi connectivity index (χ1) is 9.69. The number of aliphatic hydroxyl groups is 1. The fraction of sp³-hybridized carbons (Fsp3) is 0.364. The molecule has 0 bridgehead atoms. The van der Waals surface area contributed by atoms with Crippen LogP contribution in [-0.2, 0) is 0 Å². The van der Waals surface area contributed by atoms with Crippen molar-refractivity contribution < 1.29 is 31.9 Å². The third-order valence-electron chi connectivity index (χ3n) is 2.46. The molecule has 0 saturated carbocycles. The number of nitrogens with one attached hydrogen (secondary N) is 1. The highest BCUT2D eigenvalue weighted by Gasteiger charge is 2.33. The zero-order chi connectivity index (χ0) is 16.2. The predicted molar refractivity (Wildman–Crippen MR) is 63.2 cm³/mol. The number of halogens is 5. The number of carbonyl (C=O) groups is 1. The first kappa shape index (κ1) is 17.1. The van der Waals surface area contributed by atoms with Gasteiger partial charge in [-0.1, -0.05) is 0 Å². The second kappa shape index (κ2) is 6.68. The number of hydrogen-bond donors (Lipinski definition) is 3. The monoisotopic (exact) mass is 313 g/mol. The van der Waals surface area contributed by atoms with Crippen molar-refractivity contribution >= 4 is 11.6 Å². The van der Waals surface area contributed by atoms with E-state index in [4.69, 9.17) is 10.9 Å². The lowest BCUT2D eigenvalue weighted by molar-refractivity contribution is -0.141. The highest BCUT2D eigenvalue weighted by molar-refractivity contribution is 5.94. The van der Waals surface area contributed by atoms with E-state index in [2.05, 4.69) is 0 Å². The Morgan fingerprint density at radius 3 is 2.19 bits per heavy atom. The molecule has 0 saturated heterocycles. The Balaban J connectivity index is 3.09. The van der Waals surface area contributed by atoms with Crippen LogP contribution >= 0.6 is 0 Å². The summed E-state index contributed by atoms with van der Waals surface area (Å²) in [6, 6.07) is 1.11. The van der Waals surface area contributed by atoms with Crippen LogP contribution in [0.4, 0.5) is 27.6 Å². The number of anilines is 1. The number of aliphatic hydroxyl groups excluding tert-OH is 1. The Hall–Kier alpha value is -1.94. The summed E-state index contributed by atoms with van der Waals surface area (Å²) in [7, 11) is 0. The third-order valence-corrected chi connectivity index (χ3v) is 2.46. The normalized spacial score (nSPS) is 11.4. The van der Waals surface area contributed by atoms with Gasteiger partial charge in [-0.05, 0) is 12.1 Å². The molecule has 0 aliphatic heterocycles. The molecule has 0 spiro atoms. The number of hydrogen-bond acceptors (Lipinski definition) is 4. The van der Waals surface area contributed by atoms with Gasteiger partial charge in [0.05, 0.1) is 6.61 Å². The third kappa shape index (κ3) is 4.53. The maximum Gasteiger partial charge on any atom is 0.406 e. The van der Waals surface area contributed by atoms with Crippen molar-refractivity contribution in [3.05, 3.63) is 29.3 Å². The summed E-state index contributed by atoms with van der Waals surface area (Å²) in [6.07, 6.45) is -4.71. The van der Waals surface area contributed by atoms with Crippen LogP contribution in [-0.4, -0.2) is 41.8 Å². The van der Waals surface area contributed by atoms with Gasteiger partial charge >= 0.3 is 6.18 Å². The minimum atomic E-state index is -4.71. The first-order valence-corrected chi connectivity index (χ1v) is 5.62. The largest absolute Gasteiger partial charge is 0.406 e. The Labute approximate surface area is 116 Å². The van der Waals surface area contributed by atoms with Crippen molar-refractivity contribution in [2.45, 2.75) is 6.18 Å². The van der Waals surface area contributed by atoms with Crippen LogP contribution < -0.4 is 11.3 Å². The Morgan fingerprint density at radius 1 is 1.29 bits per heavy atom. The van der Waals surface area contributed by atoms with E-state index < -0.39 is 54.7 Å². The molecule has 5 nitrogen and oxygen atoms in total. The molecule has 1 rings (SSSR count). The van der Waals surface area contributed by atoms with Crippen molar-refractivity contribution in [2.75, 3.05) is 25.1 Å². The summed E-state index contributed by atoms with van der Waals surface area (Å²) >= 11 is 0. The van der Waals surface area contributed by atoms with Gasteiger partial charge in [-0.25, -0.2) is 8.78 Å². The van der Waals surface area contributed by atoms with E-state index in [1.807, 2.05) is 0 Å². The van der Waals surface area contributed by atoms with Crippen molar-refractivity contribution in [3.63, 3.8) is 0 Å². The molecule has 0 heterocycles. The van der Waals surface area contributed by atoms with Gasteiger partial charge in [0.15, 0.2) is 11.6 Å². The number of amides is 1. The Morgan fingerprint density at radius 2 is 1.81 bits per heavy atom. The van der Waals surface area contributed by atoms with Gasteiger partial charge in [0.1, 0.15) is 12.2 Å². The molecule has 0 aliphatic carbocycles. The second-order valence-corrected chi connectivity index (χ2v) is 4.02. The van der Waals surface area contributed by atoms with E-state index in [1.54, 1.807) is 5.43 Å². The molecule has 0 aliphatic rings. The number of rotatable bonds is 5. The molecule has 4 N–H and O–H groups in total. The summed E-state index contributed by atoms with van der Waals surface area (Å²) in [4.78, 5) is 12.1. The number of hydrazine groups is 1.